The molecule has 0 spiro atoms. The van der Waals surface area contributed by atoms with Gasteiger partial charge in [-0.1, -0.05) is 12.1 Å². The van der Waals surface area contributed by atoms with Gasteiger partial charge in [0.2, 0.25) is 0 Å². The largest absolute Gasteiger partial charge is 0.290 e. The summed E-state index contributed by atoms with van der Waals surface area (Å²) < 4.78 is 1.67. The molecule has 3 rings (SSSR count). The lowest BCUT2D eigenvalue weighted by atomic mass is 10.2. The molecule has 5 heteroatoms. The third-order valence-corrected chi connectivity index (χ3v) is 4.09. The molecule has 0 fully saturated rings. The van der Waals surface area contributed by atoms with E-state index in [4.69, 9.17) is 11.6 Å². The van der Waals surface area contributed by atoms with Gasteiger partial charge in [0.05, 0.1) is 22.8 Å². The number of alkyl halides is 1. The third kappa shape index (κ3) is 2.37. The van der Waals surface area contributed by atoms with E-state index in [1.807, 2.05) is 41.9 Å². The van der Waals surface area contributed by atoms with Crippen LogP contribution in [0.2, 0.25) is 0 Å². The Labute approximate surface area is 125 Å². The molecular formula is C15H13ClN2OS. The van der Waals surface area contributed by atoms with Crippen LogP contribution in [0.3, 0.4) is 0 Å². The van der Waals surface area contributed by atoms with E-state index >= 15 is 0 Å². The van der Waals surface area contributed by atoms with E-state index in [0.717, 1.165) is 5.56 Å². The van der Waals surface area contributed by atoms with E-state index in [-0.39, 0.29) is 10.9 Å². The molecule has 3 nitrogen and oxygen atoms in total. The first kappa shape index (κ1) is 13.3. The van der Waals surface area contributed by atoms with E-state index in [1.165, 1.54) is 0 Å². The summed E-state index contributed by atoms with van der Waals surface area (Å²) in [7, 11) is 0. The molecule has 0 aliphatic rings. The summed E-state index contributed by atoms with van der Waals surface area (Å²) >= 11 is 7.82. The Hall–Kier alpha value is -1.65. The molecule has 1 atom stereocenters. The monoisotopic (exact) mass is 304 g/mol. The zero-order valence-electron chi connectivity index (χ0n) is 10.9. The molecule has 0 bridgehead atoms. The van der Waals surface area contributed by atoms with Gasteiger partial charge >= 0.3 is 0 Å². The van der Waals surface area contributed by atoms with E-state index in [0.29, 0.717) is 23.3 Å². The van der Waals surface area contributed by atoms with Crippen molar-refractivity contribution in [2.45, 2.75) is 18.8 Å². The number of halogens is 1. The molecule has 1 unspecified atom stereocenters. The van der Waals surface area contributed by atoms with Crippen LogP contribution in [0, 0.1) is 0 Å². The molecule has 102 valence electrons. The number of nitrogens with zero attached hydrogens (tertiary/aromatic N) is 2. The smallest absolute Gasteiger partial charge is 0.261 e. The predicted molar refractivity (Wildman–Crippen MR) is 83.7 cm³/mol. The highest BCUT2D eigenvalue weighted by molar-refractivity contribution is 7.07. The minimum atomic E-state index is -0.314. The second-order valence-electron chi connectivity index (χ2n) is 4.63. The van der Waals surface area contributed by atoms with E-state index < -0.39 is 0 Å². The lowest BCUT2D eigenvalue weighted by Gasteiger charge is -2.14. The molecule has 0 amide bonds. The van der Waals surface area contributed by atoms with Crippen LogP contribution in [0.5, 0.6) is 0 Å². The molecule has 3 aromatic rings. The van der Waals surface area contributed by atoms with Crippen LogP contribution in [-0.2, 0) is 6.54 Å². The van der Waals surface area contributed by atoms with Crippen molar-refractivity contribution in [3.05, 3.63) is 62.8 Å². The second-order valence-corrected chi connectivity index (χ2v) is 6.06. The molecule has 1 aromatic carbocycles. The fourth-order valence-corrected chi connectivity index (χ4v) is 3.03. The highest BCUT2D eigenvalue weighted by Crippen LogP contribution is 2.20. The zero-order chi connectivity index (χ0) is 14.1. The van der Waals surface area contributed by atoms with Crippen molar-refractivity contribution < 1.29 is 0 Å². The Kier molecular flexibility index (Phi) is 3.59. The lowest BCUT2D eigenvalue weighted by Crippen LogP contribution is -2.26. The number of hydrogen-bond acceptors (Lipinski definition) is 3. The van der Waals surface area contributed by atoms with Crippen molar-refractivity contribution in [3.63, 3.8) is 0 Å². The summed E-state index contributed by atoms with van der Waals surface area (Å²) in [6, 6.07) is 9.38. The van der Waals surface area contributed by atoms with Crippen molar-refractivity contribution in [2.75, 3.05) is 0 Å². The molecule has 0 radical (unpaired) electrons. The van der Waals surface area contributed by atoms with Gasteiger partial charge in [-0.2, -0.15) is 11.3 Å². The summed E-state index contributed by atoms with van der Waals surface area (Å²) in [6.45, 7) is 2.34. The molecule has 0 aliphatic heterocycles. The number of benzene rings is 1. The maximum Gasteiger partial charge on any atom is 0.261 e. The summed E-state index contributed by atoms with van der Waals surface area (Å²) in [5.41, 5.74) is 1.75. The number of rotatable bonds is 3. The van der Waals surface area contributed by atoms with Crippen LogP contribution in [0.4, 0.5) is 0 Å². The van der Waals surface area contributed by atoms with Crippen LogP contribution in [0.1, 0.15) is 23.7 Å². The van der Waals surface area contributed by atoms with Gasteiger partial charge in [-0.05, 0) is 41.4 Å². The Morgan fingerprint density at radius 3 is 2.85 bits per heavy atom. The topological polar surface area (TPSA) is 34.9 Å². The van der Waals surface area contributed by atoms with Crippen molar-refractivity contribution in [3.8, 4) is 0 Å². The van der Waals surface area contributed by atoms with Crippen molar-refractivity contribution in [1.29, 1.82) is 0 Å². The summed E-state index contributed by atoms with van der Waals surface area (Å²) in [4.78, 5) is 17.2. The Bertz CT molecular complexity index is 793. The van der Waals surface area contributed by atoms with Crippen LogP contribution in [0.25, 0.3) is 10.9 Å². The molecular weight excluding hydrogens is 292 g/mol. The van der Waals surface area contributed by atoms with Gasteiger partial charge in [0, 0.05) is 0 Å². The average molecular weight is 305 g/mol. The van der Waals surface area contributed by atoms with Crippen molar-refractivity contribution in [2.24, 2.45) is 0 Å². The minimum Gasteiger partial charge on any atom is -0.290 e. The van der Waals surface area contributed by atoms with Crippen LogP contribution in [0.15, 0.2) is 45.9 Å². The van der Waals surface area contributed by atoms with E-state index in [2.05, 4.69) is 4.98 Å². The quantitative estimate of drug-likeness (QED) is 0.690. The highest BCUT2D eigenvalue weighted by Gasteiger charge is 2.15. The molecule has 2 heterocycles. The number of para-hydroxylation sites is 1. The third-order valence-electron chi connectivity index (χ3n) is 3.17. The summed E-state index contributed by atoms with van der Waals surface area (Å²) in [6.07, 6.45) is 0. The van der Waals surface area contributed by atoms with E-state index in [1.54, 1.807) is 22.0 Å². The maximum atomic E-state index is 12.6. The Balaban J connectivity index is 2.24. The molecule has 0 saturated heterocycles. The van der Waals surface area contributed by atoms with Gasteiger partial charge in [0.15, 0.2) is 0 Å². The highest BCUT2D eigenvalue weighted by atomic mass is 35.5. The minimum absolute atomic E-state index is 0.0377. The van der Waals surface area contributed by atoms with Crippen LogP contribution in [-0.4, -0.2) is 9.55 Å². The standard InChI is InChI=1S/C15H13ClN2OS/c1-10(16)14-17-13-5-3-2-4-12(13)15(19)18(14)8-11-6-7-20-9-11/h2-7,9-10H,8H2,1H3. The van der Waals surface area contributed by atoms with Crippen molar-refractivity contribution >= 4 is 33.8 Å². The first-order valence-electron chi connectivity index (χ1n) is 6.31. The van der Waals surface area contributed by atoms with Gasteiger partial charge < -0.3 is 0 Å². The number of hydrogen-bond donors (Lipinski definition) is 0. The zero-order valence-corrected chi connectivity index (χ0v) is 12.5. The second kappa shape index (κ2) is 5.38. The van der Waals surface area contributed by atoms with Crippen molar-refractivity contribution in [1.82, 2.24) is 9.55 Å². The number of fused-ring (bicyclic) bond motifs is 1. The molecule has 0 aliphatic carbocycles. The van der Waals surface area contributed by atoms with Gasteiger partial charge in [-0.3, -0.25) is 9.36 Å². The fraction of sp³-hybridized carbons (Fsp3) is 0.200. The Morgan fingerprint density at radius 2 is 2.15 bits per heavy atom. The first-order valence-corrected chi connectivity index (χ1v) is 7.69. The van der Waals surface area contributed by atoms with Crippen LogP contribution < -0.4 is 5.56 Å². The van der Waals surface area contributed by atoms with Gasteiger partial charge in [0.1, 0.15) is 5.82 Å². The van der Waals surface area contributed by atoms with Gasteiger partial charge in [-0.25, -0.2) is 4.98 Å². The lowest BCUT2D eigenvalue weighted by molar-refractivity contribution is 0.679. The molecule has 0 N–H and O–H groups in total. The fourth-order valence-electron chi connectivity index (χ4n) is 2.21. The molecule has 2 aromatic heterocycles. The average Bonchev–Trinajstić information content (AvgIpc) is 2.94. The first-order chi connectivity index (χ1) is 9.66. The maximum absolute atomic E-state index is 12.6. The normalized spacial score (nSPS) is 12.7. The van der Waals surface area contributed by atoms with E-state index in [9.17, 15) is 4.79 Å². The van der Waals surface area contributed by atoms with Crippen LogP contribution >= 0.6 is 22.9 Å². The number of thiophene rings is 1. The van der Waals surface area contributed by atoms with Gasteiger partial charge in [0.25, 0.3) is 5.56 Å². The number of aromatic nitrogens is 2. The Morgan fingerprint density at radius 1 is 1.35 bits per heavy atom. The predicted octanol–water partition coefficient (Wildman–Crippen LogP) is 3.81. The van der Waals surface area contributed by atoms with Gasteiger partial charge in [-0.15, -0.1) is 11.6 Å². The summed E-state index contributed by atoms with van der Waals surface area (Å²) in [5.74, 6) is 0.613. The SMILES string of the molecule is CC(Cl)c1nc2ccccc2c(=O)n1Cc1ccsc1. The molecule has 0 saturated carbocycles. The summed E-state index contributed by atoms with van der Waals surface area (Å²) in [5, 5.41) is 4.35. The molecule has 20 heavy (non-hydrogen) atoms.